The highest BCUT2D eigenvalue weighted by atomic mass is 19.1. The summed E-state index contributed by atoms with van der Waals surface area (Å²) >= 11 is 0. The van der Waals surface area contributed by atoms with Gasteiger partial charge < -0.3 is 15.0 Å². The lowest BCUT2D eigenvalue weighted by Crippen LogP contribution is -2.24. The average Bonchev–Trinajstić information content (AvgIpc) is 3.06. The summed E-state index contributed by atoms with van der Waals surface area (Å²) in [6.07, 6.45) is 3.05. The molecule has 3 rings (SSSR count). The van der Waals surface area contributed by atoms with Gasteiger partial charge in [-0.15, -0.1) is 0 Å². The predicted molar refractivity (Wildman–Crippen MR) is 96.1 cm³/mol. The SMILES string of the molecule is Cc1nccn1-c1ccc(C(C)NCC(O)c2ccc(F)cc2)cc1. The van der Waals surface area contributed by atoms with E-state index < -0.39 is 6.10 Å². The third-order valence-electron chi connectivity index (χ3n) is 4.37. The first-order chi connectivity index (χ1) is 12.0. The summed E-state index contributed by atoms with van der Waals surface area (Å²) in [4.78, 5) is 4.23. The standard InChI is InChI=1S/C20H22FN3O/c1-14(23-13-20(25)17-3-7-18(21)8-4-17)16-5-9-19(10-6-16)24-12-11-22-15(24)2/h3-12,14,20,23,25H,13H2,1-2H3. The molecule has 0 amide bonds. The molecule has 0 bridgehead atoms. The molecule has 2 unspecified atom stereocenters. The lowest BCUT2D eigenvalue weighted by molar-refractivity contribution is 0.170. The number of benzene rings is 2. The fraction of sp³-hybridized carbons (Fsp3) is 0.250. The summed E-state index contributed by atoms with van der Waals surface area (Å²) in [6.45, 7) is 4.42. The Morgan fingerprint density at radius 1 is 1.08 bits per heavy atom. The molecule has 1 heterocycles. The van der Waals surface area contributed by atoms with Crippen LogP contribution in [0.2, 0.25) is 0 Å². The smallest absolute Gasteiger partial charge is 0.123 e. The van der Waals surface area contributed by atoms with Crippen LogP contribution in [0.1, 0.15) is 36.0 Å². The van der Waals surface area contributed by atoms with Crippen molar-refractivity contribution in [2.24, 2.45) is 0 Å². The van der Waals surface area contributed by atoms with E-state index in [2.05, 4.69) is 41.5 Å². The van der Waals surface area contributed by atoms with Gasteiger partial charge in [0.1, 0.15) is 11.6 Å². The number of rotatable bonds is 6. The molecule has 0 aliphatic rings. The Kier molecular flexibility index (Phi) is 5.26. The van der Waals surface area contributed by atoms with Crippen LogP contribution < -0.4 is 5.32 Å². The fourth-order valence-corrected chi connectivity index (χ4v) is 2.78. The Morgan fingerprint density at radius 2 is 1.72 bits per heavy atom. The minimum Gasteiger partial charge on any atom is -0.387 e. The third kappa shape index (κ3) is 4.13. The molecule has 4 nitrogen and oxygen atoms in total. The Morgan fingerprint density at radius 3 is 2.32 bits per heavy atom. The molecule has 0 spiro atoms. The van der Waals surface area contributed by atoms with Crippen molar-refractivity contribution >= 4 is 0 Å². The van der Waals surface area contributed by atoms with E-state index in [0.29, 0.717) is 12.1 Å². The molecule has 2 atom stereocenters. The Balaban J connectivity index is 1.60. The van der Waals surface area contributed by atoms with E-state index in [-0.39, 0.29) is 11.9 Å². The second-order valence-corrected chi connectivity index (χ2v) is 6.13. The van der Waals surface area contributed by atoms with E-state index in [4.69, 9.17) is 0 Å². The van der Waals surface area contributed by atoms with Crippen LogP contribution in [-0.4, -0.2) is 21.2 Å². The number of imidazole rings is 1. The molecular formula is C20H22FN3O. The molecule has 2 N–H and O–H groups in total. The molecule has 0 radical (unpaired) electrons. The van der Waals surface area contributed by atoms with Crippen molar-refractivity contribution in [3.63, 3.8) is 0 Å². The number of hydrogen-bond acceptors (Lipinski definition) is 3. The Bertz CT molecular complexity index is 812. The van der Waals surface area contributed by atoms with Gasteiger partial charge in [0.15, 0.2) is 0 Å². The van der Waals surface area contributed by atoms with Crippen molar-refractivity contribution < 1.29 is 9.50 Å². The van der Waals surface area contributed by atoms with Crippen LogP contribution in [0.5, 0.6) is 0 Å². The van der Waals surface area contributed by atoms with Crippen molar-refractivity contribution in [1.82, 2.24) is 14.9 Å². The molecule has 0 saturated heterocycles. The molecule has 0 aliphatic carbocycles. The van der Waals surface area contributed by atoms with Crippen LogP contribution in [-0.2, 0) is 0 Å². The van der Waals surface area contributed by atoms with Gasteiger partial charge in [-0.25, -0.2) is 9.37 Å². The number of nitrogens with zero attached hydrogens (tertiary/aromatic N) is 2. The van der Waals surface area contributed by atoms with Gasteiger partial charge in [-0.1, -0.05) is 24.3 Å². The van der Waals surface area contributed by atoms with E-state index in [9.17, 15) is 9.50 Å². The number of hydrogen-bond donors (Lipinski definition) is 2. The largest absolute Gasteiger partial charge is 0.387 e. The zero-order valence-corrected chi connectivity index (χ0v) is 14.4. The lowest BCUT2D eigenvalue weighted by Gasteiger charge is -2.18. The van der Waals surface area contributed by atoms with Gasteiger partial charge in [0, 0.05) is 30.7 Å². The third-order valence-corrected chi connectivity index (χ3v) is 4.37. The zero-order valence-electron chi connectivity index (χ0n) is 14.4. The van der Waals surface area contributed by atoms with Gasteiger partial charge >= 0.3 is 0 Å². The van der Waals surface area contributed by atoms with Crippen LogP contribution >= 0.6 is 0 Å². The van der Waals surface area contributed by atoms with Gasteiger partial charge in [0.25, 0.3) is 0 Å². The number of aryl methyl sites for hydroxylation is 1. The van der Waals surface area contributed by atoms with Crippen LogP contribution in [0.4, 0.5) is 4.39 Å². The second kappa shape index (κ2) is 7.59. The molecule has 130 valence electrons. The maximum atomic E-state index is 12.9. The van der Waals surface area contributed by atoms with Gasteiger partial charge in [0.05, 0.1) is 6.10 Å². The molecule has 25 heavy (non-hydrogen) atoms. The fourth-order valence-electron chi connectivity index (χ4n) is 2.78. The first-order valence-corrected chi connectivity index (χ1v) is 8.32. The molecule has 3 aromatic rings. The molecular weight excluding hydrogens is 317 g/mol. The molecule has 0 fully saturated rings. The van der Waals surface area contributed by atoms with Crippen LogP contribution in [0, 0.1) is 12.7 Å². The van der Waals surface area contributed by atoms with Crippen molar-refractivity contribution in [2.75, 3.05) is 6.54 Å². The van der Waals surface area contributed by atoms with Crippen LogP contribution in [0.25, 0.3) is 5.69 Å². The summed E-state index contributed by atoms with van der Waals surface area (Å²) in [5.74, 6) is 0.645. The highest BCUT2D eigenvalue weighted by molar-refractivity contribution is 5.36. The van der Waals surface area contributed by atoms with Crippen molar-refractivity contribution in [3.05, 3.63) is 83.7 Å². The Labute approximate surface area is 147 Å². The van der Waals surface area contributed by atoms with Crippen molar-refractivity contribution in [2.45, 2.75) is 26.0 Å². The summed E-state index contributed by atoms with van der Waals surface area (Å²) < 4.78 is 15.0. The molecule has 1 aromatic heterocycles. The van der Waals surface area contributed by atoms with E-state index in [0.717, 1.165) is 17.1 Å². The maximum absolute atomic E-state index is 12.9. The number of nitrogens with one attached hydrogen (secondary N) is 1. The number of aromatic nitrogens is 2. The highest BCUT2D eigenvalue weighted by Crippen LogP contribution is 2.18. The number of aliphatic hydroxyl groups is 1. The molecule has 5 heteroatoms. The van der Waals surface area contributed by atoms with Gasteiger partial charge in [-0.2, -0.15) is 0 Å². The quantitative estimate of drug-likeness (QED) is 0.720. The highest BCUT2D eigenvalue weighted by Gasteiger charge is 2.11. The van der Waals surface area contributed by atoms with Crippen molar-refractivity contribution in [3.8, 4) is 5.69 Å². The molecule has 0 aliphatic heterocycles. The second-order valence-electron chi connectivity index (χ2n) is 6.13. The summed E-state index contributed by atoms with van der Waals surface area (Å²) in [5.41, 5.74) is 2.90. The summed E-state index contributed by atoms with van der Waals surface area (Å²) in [5, 5.41) is 13.5. The van der Waals surface area contributed by atoms with Crippen LogP contribution in [0.15, 0.2) is 60.9 Å². The summed E-state index contributed by atoms with van der Waals surface area (Å²) in [6, 6.07) is 14.3. The molecule has 2 aromatic carbocycles. The summed E-state index contributed by atoms with van der Waals surface area (Å²) in [7, 11) is 0. The van der Waals surface area contributed by atoms with E-state index in [1.165, 1.54) is 12.1 Å². The first kappa shape index (κ1) is 17.3. The first-order valence-electron chi connectivity index (χ1n) is 8.32. The maximum Gasteiger partial charge on any atom is 0.123 e. The van der Waals surface area contributed by atoms with Crippen LogP contribution in [0.3, 0.4) is 0 Å². The average molecular weight is 339 g/mol. The Hall–Kier alpha value is -2.50. The van der Waals surface area contributed by atoms with E-state index >= 15 is 0 Å². The zero-order chi connectivity index (χ0) is 17.8. The normalized spacial score (nSPS) is 13.6. The van der Waals surface area contributed by atoms with E-state index in [1.54, 1.807) is 18.3 Å². The number of halogens is 1. The minimum absolute atomic E-state index is 0.0908. The number of aliphatic hydroxyl groups excluding tert-OH is 1. The van der Waals surface area contributed by atoms with E-state index in [1.807, 2.05) is 17.7 Å². The predicted octanol–water partition coefficient (Wildman–Crippen LogP) is 3.70. The lowest BCUT2D eigenvalue weighted by atomic mass is 10.1. The monoisotopic (exact) mass is 339 g/mol. The van der Waals surface area contributed by atoms with Gasteiger partial charge in [0.2, 0.25) is 0 Å². The van der Waals surface area contributed by atoms with Gasteiger partial charge in [-0.05, 0) is 49.2 Å². The van der Waals surface area contributed by atoms with Gasteiger partial charge in [-0.3, -0.25) is 0 Å². The minimum atomic E-state index is -0.670. The topological polar surface area (TPSA) is 50.1 Å². The molecule has 0 saturated carbocycles. The van der Waals surface area contributed by atoms with Crippen molar-refractivity contribution in [1.29, 1.82) is 0 Å².